The number of allylic oxidation sites excluding steroid dienone is 1. The van der Waals surface area contributed by atoms with Crippen molar-refractivity contribution in [2.75, 3.05) is 6.61 Å². The van der Waals surface area contributed by atoms with Gasteiger partial charge < -0.3 is 4.74 Å². The van der Waals surface area contributed by atoms with Gasteiger partial charge in [0.2, 0.25) is 0 Å². The second-order valence-electron chi connectivity index (χ2n) is 3.51. The number of halogens is 1. The quantitative estimate of drug-likeness (QED) is 0.326. The summed E-state index contributed by atoms with van der Waals surface area (Å²) < 4.78 is 4.94. The van der Waals surface area contributed by atoms with Gasteiger partial charge in [-0.05, 0) is 5.92 Å². The average Bonchev–Trinajstić information content (AvgIpc) is 2.41. The zero-order valence-electron chi connectivity index (χ0n) is 6.87. The van der Waals surface area contributed by atoms with Gasteiger partial charge in [0.1, 0.15) is 0 Å². The molecule has 0 radical (unpaired) electrons. The number of ether oxygens (including phenoxy) is 1. The van der Waals surface area contributed by atoms with Crippen LogP contribution in [0.4, 0.5) is 0 Å². The van der Waals surface area contributed by atoms with Crippen LogP contribution >= 0.6 is 11.6 Å². The summed E-state index contributed by atoms with van der Waals surface area (Å²) in [6.07, 6.45) is 4.12. The molecular weight excluding hydrogens is 176 g/mol. The van der Waals surface area contributed by atoms with Gasteiger partial charge in [-0.2, -0.15) is 0 Å². The lowest BCUT2D eigenvalue weighted by Crippen LogP contribution is -2.32. The third-order valence-electron chi connectivity index (χ3n) is 2.66. The van der Waals surface area contributed by atoms with E-state index in [4.69, 9.17) is 16.3 Å². The fourth-order valence-corrected chi connectivity index (χ4v) is 2.22. The second kappa shape index (κ2) is 2.77. The van der Waals surface area contributed by atoms with E-state index < -0.39 is 0 Å². The van der Waals surface area contributed by atoms with Crippen molar-refractivity contribution in [2.45, 2.75) is 12.3 Å². The van der Waals surface area contributed by atoms with Gasteiger partial charge in [-0.3, -0.25) is 4.79 Å². The highest BCUT2D eigenvalue weighted by Crippen LogP contribution is 2.37. The normalized spacial score (nSPS) is 45.7. The lowest BCUT2D eigenvalue weighted by Gasteiger charge is -2.26. The molecule has 0 aromatic rings. The van der Waals surface area contributed by atoms with Crippen molar-refractivity contribution in [2.24, 2.45) is 17.8 Å². The van der Waals surface area contributed by atoms with E-state index in [-0.39, 0.29) is 29.1 Å². The Morgan fingerprint density at radius 2 is 2.33 bits per heavy atom. The van der Waals surface area contributed by atoms with Crippen LogP contribution in [0.2, 0.25) is 0 Å². The van der Waals surface area contributed by atoms with Crippen molar-refractivity contribution in [3.05, 3.63) is 12.2 Å². The summed E-state index contributed by atoms with van der Waals surface area (Å²) in [5.74, 6) is 0.262. The summed E-state index contributed by atoms with van der Waals surface area (Å²) in [6, 6.07) is 0. The Kier molecular flexibility index (Phi) is 1.87. The molecular formula is C9H11ClO2. The van der Waals surface area contributed by atoms with Crippen LogP contribution in [0.3, 0.4) is 0 Å². The number of carbonyl (C=O) groups is 1. The average molecular weight is 187 g/mol. The monoisotopic (exact) mass is 186 g/mol. The van der Waals surface area contributed by atoms with E-state index in [0.29, 0.717) is 6.61 Å². The second-order valence-corrected chi connectivity index (χ2v) is 4.01. The van der Waals surface area contributed by atoms with Crippen LogP contribution in [0, 0.1) is 17.8 Å². The van der Waals surface area contributed by atoms with Gasteiger partial charge in [0.25, 0.3) is 0 Å². The highest BCUT2D eigenvalue weighted by Gasteiger charge is 2.44. The Balaban J connectivity index is 2.27. The van der Waals surface area contributed by atoms with Crippen LogP contribution < -0.4 is 0 Å². The minimum Gasteiger partial charge on any atom is -0.465 e. The van der Waals surface area contributed by atoms with Gasteiger partial charge in [-0.15, -0.1) is 11.6 Å². The van der Waals surface area contributed by atoms with Crippen molar-refractivity contribution in [1.82, 2.24) is 0 Å². The first-order valence-electron chi connectivity index (χ1n) is 4.19. The van der Waals surface area contributed by atoms with Gasteiger partial charge in [0, 0.05) is 5.92 Å². The molecule has 2 rings (SSSR count). The maximum absolute atomic E-state index is 11.2. The molecule has 0 aromatic heterocycles. The number of cyclic esters (lactones) is 1. The van der Waals surface area contributed by atoms with Gasteiger partial charge in [-0.1, -0.05) is 19.1 Å². The third-order valence-corrected chi connectivity index (χ3v) is 3.33. The number of fused-ring (bicyclic) bond motifs is 1. The van der Waals surface area contributed by atoms with Crippen molar-refractivity contribution in [3.63, 3.8) is 0 Å². The maximum Gasteiger partial charge on any atom is 0.311 e. The van der Waals surface area contributed by atoms with E-state index in [1.807, 2.05) is 6.92 Å². The van der Waals surface area contributed by atoms with Gasteiger partial charge in [0.05, 0.1) is 17.9 Å². The molecule has 3 heteroatoms. The van der Waals surface area contributed by atoms with E-state index in [1.165, 1.54) is 0 Å². The van der Waals surface area contributed by atoms with Crippen LogP contribution in [0.1, 0.15) is 6.92 Å². The largest absolute Gasteiger partial charge is 0.465 e. The number of hydrogen-bond acceptors (Lipinski definition) is 2. The fraction of sp³-hybridized carbons (Fsp3) is 0.667. The highest BCUT2D eigenvalue weighted by molar-refractivity contribution is 6.22. The molecule has 0 spiro atoms. The molecule has 1 fully saturated rings. The van der Waals surface area contributed by atoms with Crippen LogP contribution in [0.25, 0.3) is 0 Å². The van der Waals surface area contributed by atoms with E-state index in [9.17, 15) is 4.79 Å². The molecule has 0 bridgehead atoms. The molecule has 2 aliphatic rings. The summed E-state index contributed by atoms with van der Waals surface area (Å²) >= 11 is 6.11. The minimum absolute atomic E-state index is 0.0880. The van der Waals surface area contributed by atoms with Crippen molar-refractivity contribution in [3.8, 4) is 0 Å². The smallest absolute Gasteiger partial charge is 0.311 e. The van der Waals surface area contributed by atoms with Crippen LogP contribution in [0.15, 0.2) is 12.2 Å². The number of alkyl halides is 1. The molecule has 0 amide bonds. The fourth-order valence-electron chi connectivity index (χ4n) is 1.85. The van der Waals surface area contributed by atoms with Gasteiger partial charge in [-0.25, -0.2) is 0 Å². The van der Waals surface area contributed by atoms with Crippen LogP contribution in [-0.2, 0) is 9.53 Å². The number of carbonyl (C=O) groups excluding carboxylic acids is 1. The first-order valence-corrected chi connectivity index (χ1v) is 4.63. The Hall–Kier alpha value is -0.500. The summed E-state index contributed by atoms with van der Waals surface area (Å²) in [6.45, 7) is 2.53. The van der Waals surface area contributed by atoms with Crippen LogP contribution in [0.5, 0.6) is 0 Å². The van der Waals surface area contributed by atoms with Gasteiger partial charge >= 0.3 is 5.97 Å². The molecule has 1 aliphatic heterocycles. The number of hydrogen-bond donors (Lipinski definition) is 0. The maximum atomic E-state index is 11.2. The molecule has 12 heavy (non-hydrogen) atoms. The summed E-state index contributed by atoms with van der Waals surface area (Å²) in [4.78, 5) is 11.2. The van der Waals surface area contributed by atoms with Crippen LogP contribution in [-0.4, -0.2) is 18.0 Å². The molecule has 1 heterocycles. The summed E-state index contributed by atoms with van der Waals surface area (Å²) in [5.41, 5.74) is 0. The van der Waals surface area contributed by atoms with E-state index >= 15 is 0 Å². The predicted molar refractivity (Wildman–Crippen MR) is 45.9 cm³/mol. The molecule has 0 unspecified atom stereocenters. The molecule has 66 valence electrons. The van der Waals surface area contributed by atoms with Gasteiger partial charge in [0.15, 0.2) is 0 Å². The van der Waals surface area contributed by atoms with E-state index in [1.54, 1.807) is 0 Å². The minimum atomic E-state index is -0.129. The SMILES string of the molecule is C[C@@H]1C=C[C@@H]2COC(=O)[C@H]2[C@H]1Cl. The van der Waals surface area contributed by atoms with E-state index in [2.05, 4.69) is 12.2 Å². The molecule has 0 N–H and O–H groups in total. The van der Waals surface area contributed by atoms with Crippen molar-refractivity contribution < 1.29 is 9.53 Å². The Bertz CT molecular complexity index is 237. The molecule has 2 nitrogen and oxygen atoms in total. The zero-order chi connectivity index (χ0) is 8.72. The first-order chi connectivity index (χ1) is 5.70. The number of rotatable bonds is 0. The van der Waals surface area contributed by atoms with E-state index in [0.717, 1.165) is 0 Å². The predicted octanol–water partition coefficient (Wildman–Crippen LogP) is 1.59. The molecule has 4 atom stereocenters. The lowest BCUT2D eigenvalue weighted by atomic mass is 9.81. The Morgan fingerprint density at radius 3 is 3.08 bits per heavy atom. The molecule has 1 saturated heterocycles. The summed E-state index contributed by atoms with van der Waals surface area (Å²) in [5, 5.41) is -0.0880. The third kappa shape index (κ3) is 1.06. The molecule has 1 aliphatic carbocycles. The highest BCUT2D eigenvalue weighted by atomic mass is 35.5. The lowest BCUT2D eigenvalue weighted by molar-refractivity contribution is -0.141. The Morgan fingerprint density at radius 1 is 1.58 bits per heavy atom. The van der Waals surface area contributed by atoms with Crippen molar-refractivity contribution >= 4 is 17.6 Å². The molecule has 0 saturated carbocycles. The standard InChI is InChI=1S/C9H11ClO2/c1-5-2-3-6-4-12-9(11)7(6)8(5)10/h2-3,5-8H,4H2,1H3/t5-,6-,7-,8+/m1/s1. The first kappa shape index (κ1) is 8.11. The zero-order valence-corrected chi connectivity index (χ0v) is 7.62. The Labute approximate surface area is 76.5 Å². The van der Waals surface area contributed by atoms with Crippen molar-refractivity contribution in [1.29, 1.82) is 0 Å². The topological polar surface area (TPSA) is 26.3 Å². The molecule has 0 aromatic carbocycles. The number of esters is 1. The summed E-state index contributed by atoms with van der Waals surface area (Å²) in [7, 11) is 0.